The SMILES string of the molecule is COCCn1cnnc1CN(C)C(=O)C1CCCN1S(=O)(=O)c1ccc(F)cc1. The summed E-state index contributed by atoms with van der Waals surface area (Å²) < 4.78 is 47.1. The summed E-state index contributed by atoms with van der Waals surface area (Å²) in [5.74, 6) is -0.242. The fourth-order valence-electron chi connectivity index (χ4n) is 3.34. The third-order valence-corrected chi connectivity index (χ3v) is 6.82. The van der Waals surface area contributed by atoms with Crippen molar-refractivity contribution in [1.82, 2.24) is 24.0 Å². The molecule has 2 heterocycles. The Balaban J connectivity index is 1.74. The van der Waals surface area contributed by atoms with Gasteiger partial charge in [-0.2, -0.15) is 4.31 Å². The molecule has 0 N–H and O–H groups in total. The lowest BCUT2D eigenvalue weighted by Gasteiger charge is -2.27. The predicted molar refractivity (Wildman–Crippen MR) is 102 cm³/mol. The molecule has 2 aromatic rings. The van der Waals surface area contributed by atoms with Gasteiger partial charge < -0.3 is 14.2 Å². The van der Waals surface area contributed by atoms with Gasteiger partial charge in [-0.3, -0.25) is 4.79 Å². The fraction of sp³-hybridized carbons (Fsp3) is 0.500. The minimum absolute atomic E-state index is 0.0273. The van der Waals surface area contributed by atoms with Gasteiger partial charge in [0.25, 0.3) is 0 Å². The molecule has 1 aliphatic heterocycles. The van der Waals surface area contributed by atoms with E-state index in [-0.39, 0.29) is 23.9 Å². The first kappa shape index (κ1) is 21.3. The second kappa shape index (κ2) is 8.97. The number of sulfonamides is 1. The number of carbonyl (C=O) groups is 1. The lowest BCUT2D eigenvalue weighted by Crippen LogP contribution is -2.46. The molecule has 1 saturated heterocycles. The molecule has 0 radical (unpaired) electrons. The van der Waals surface area contributed by atoms with Crippen molar-refractivity contribution >= 4 is 15.9 Å². The van der Waals surface area contributed by atoms with Crippen LogP contribution in [0.2, 0.25) is 0 Å². The average Bonchev–Trinajstić information content (AvgIpc) is 3.36. The third kappa shape index (κ3) is 4.62. The van der Waals surface area contributed by atoms with E-state index in [1.54, 1.807) is 25.1 Å². The topological polar surface area (TPSA) is 97.6 Å². The molecule has 1 aromatic carbocycles. The van der Waals surface area contributed by atoms with Crippen molar-refractivity contribution < 1.29 is 22.3 Å². The summed E-state index contributed by atoms with van der Waals surface area (Å²) in [5.41, 5.74) is 0. The number of rotatable bonds is 8. The van der Waals surface area contributed by atoms with E-state index in [0.717, 1.165) is 12.1 Å². The van der Waals surface area contributed by atoms with E-state index >= 15 is 0 Å². The molecule has 11 heteroatoms. The summed E-state index contributed by atoms with van der Waals surface area (Å²) in [6, 6.07) is 3.82. The molecular formula is C18H24FN5O4S. The monoisotopic (exact) mass is 425 g/mol. The molecule has 1 aliphatic rings. The van der Waals surface area contributed by atoms with Crippen molar-refractivity contribution in [1.29, 1.82) is 0 Å². The number of amides is 1. The van der Waals surface area contributed by atoms with E-state index < -0.39 is 21.9 Å². The summed E-state index contributed by atoms with van der Waals surface area (Å²) in [6.07, 6.45) is 2.57. The van der Waals surface area contributed by atoms with Gasteiger partial charge in [-0.1, -0.05) is 0 Å². The van der Waals surface area contributed by atoms with Gasteiger partial charge in [0, 0.05) is 27.2 Å². The first-order valence-corrected chi connectivity index (χ1v) is 10.7. The Hall–Kier alpha value is -2.37. The van der Waals surface area contributed by atoms with Gasteiger partial charge in [0.15, 0.2) is 5.82 Å². The Kier molecular flexibility index (Phi) is 6.60. The maximum atomic E-state index is 13.2. The average molecular weight is 425 g/mol. The smallest absolute Gasteiger partial charge is 0.243 e. The Morgan fingerprint density at radius 3 is 2.76 bits per heavy atom. The van der Waals surface area contributed by atoms with Gasteiger partial charge in [-0.15, -0.1) is 10.2 Å². The quantitative estimate of drug-likeness (QED) is 0.623. The summed E-state index contributed by atoms with van der Waals surface area (Å²) >= 11 is 0. The van der Waals surface area contributed by atoms with E-state index in [0.29, 0.717) is 31.8 Å². The summed E-state index contributed by atoms with van der Waals surface area (Å²) in [6.45, 7) is 1.47. The van der Waals surface area contributed by atoms with E-state index in [9.17, 15) is 17.6 Å². The molecule has 1 fully saturated rings. The maximum Gasteiger partial charge on any atom is 0.243 e. The highest BCUT2D eigenvalue weighted by Gasteiger charge is 2.40. The highest BCUT2D eigenvalue weighted by Crippen LogP contribution is 2.27. The Bertz CT molecular complexity index is 947. The number of likely N-dealkylation sites (N-methyl/N-ethyl adjacent to an activating group) is 1. The van der Waals surface area contributed by atoms with Crippen molar-refractivity contribution in [3.05, 3.63) is 42.2 Å². The predicted octanol–water partition coefficient (Wildman–Crippen LogP) is 0.875. The van der Waals surface area contributed by atoms with Crippen LogP contribution in [0.1, 0.15) is 18.7 Å². The molecule has 0 bridgehead atoms. The van der Waals surface area contributed by atoms with Crippen molar-refractivity contribution in [3.63, 3.8) is 0 Å². The number of aromatic nitrogens is 3. The molecule has 158 valence electrons. The highest BCUT2D eigenvalue weighted by molar-refractivity contribution is 7.89. The number of methoxy groups -OCH3 is 1. The van der Waals surface area contributed by atoms with Crippen LogP contribution in [0, 0.1) is 5.82 Å². The first-order chi connectivity index (χ1) is 13.8. The third-order valence-electron chi connectivity index (χ3n) is 4.90. The van der Waals surface area contributed by atoms with Crippen LogP contribution in [-0.4, -0.2) is 71.6 Å². The van der Waals surface area contributed by atoms with E-state index in [1.807, 2.05) is 0 Å². The van der Waals surface area contributed by atoms with Crippen LogP contribution in [0.5, 0.6) is 0 Å². The normalized spacial score (nSPS) is 17.6. The Labute approximate surface area is 169 Å². The molecule has 1 aromatic heterocycles. The molecule has 9 nitrogen and oxygen atoms in total. The van der Waals surface area contributed by atoms with Crippen LogP contribution < -0.4 is 0 Å². The molecule has 0 spiro atoms. The van der Waals surface area contributed by atoms with Crippen molar-refractivity contribution in [2.24, 2.45) is 0 Å². The summed E-state index contributed by atoms with van der Waals surface area (Å²) in [7, 11) is -0.693. The number of benzene rings is 1. The van der Waals surface area contributed by atoms with Crippen LogP contribution >= 0.6 is 0 Å². The number of carbonyl (C=O) groups excluding carboxylic acids is 1. The number of hydrogen-bond donors (Lipinski definition) is 0. The zero-order valence-corrected chi connectivity index (χ0v) is 17.2. The lowest BCUT2D eigenvalue weighted by atomic mass is 10.2. The molecule has 3 rings (SSSR count). The molecule has 0 saturated carbocycles. The maximum absolute atomic E-state index is 13.2. The van der Waals surface area contributed by atoms with Crippen LogP contribution in [0.25, 0.3) is 0 Å². The largest absolute Gasteiger partial charge is 0.383 e. The van der Waals surface area contributed by atoms with Crippen LogP contribution in [0.15, 0.2) is 35.5 Å². The number of nitrogens with zero attached hydrogens (tertiary/aromatic N) is 5. The minimum atomic E-state index is -3.90. The molecule has 1 atom stereocenters. The minimum Gasteiger partial charge on any atom is -0.383 e. The fourth-order valence-corrected chi connectivity index (χ4v) is 4.99. The van der Waals surface area contributed by atoms with Crippen molar-refractivity contribution in [2.45, 2.75) is 36.9 Å². The van der Waals surface area contributed by atoms with Gasteiger partial charge in [-0.05, 0) is 37.1 Å². The van der Waals surface area contributed by atoms with E-state index in [4.69, 9.17) is 4.74 Å². The van der Waals surface area contributed by atoms with E-state index in [1.165, 1.54) is 21.3 Å². The summed E-state index contributed by atoms with van der Waals surface area (Å²) in [4.78, 5) is 14.4. The zero-order chi connectivity index (χ0) is 21.0. The number of halogens is 1. The highest BCUT2D eigenvalue weighted by atomic mass is 32.2. The molecular weight excluding hydrogens is 401 g/mol. The molecule has 1 unspecified atom stereocenters. The lowest BCUT2D eigenvalue weighted by molar-refractivity contribution is -0.133. The van der Waals surface area contributed by atoms with Crippen molar-refractivity contribution in [2.75, 3.05) is 27.3 Å². The van der Waals surface area contributed by atoms with Gasteiger partial charge in [0.05, 0.1) is 18.0 Å². The van der Waals surface area contributed by atoms with Gasteiger partial charge in [-0.25, -0.2) is 12.8 Å². The second-order valence-corrected chi connectivity index (χ2v) is 8.75. The zero-order valence-electron chi connectivity index (χ0n) is 16.4. The standard InChI is InChI=1S/C18H24FN5O4S/c1-22(12-17-21-20-13-23(17)10-11-28-2)18(25)16-4-3-9-24(16)29(26,27)15-7-5-14(19)6-8-15/h5-8,13,16H,3-4,9-12H2,1-2H3. The summed E-state index contributed by atoms with van der Waals surface area (Å²) in [5, 5.41) is 7.91. The van der Waals surface area contributed by atoms with Gasteiger partial charge >= 0.3 is 0 Å². The van der Waals surface area contributed by atoms with Gasteiger partial charge in [0.2, 0.25) is 15.9 Å². The van der Waals surface area contributed by atoms with E-state index in [2.05, 4.69) is 10.2 Å². The van der Waals surface area contributed by atoms with Crippen LogP contribution in [0.4, 0.5) is 4.39 Å². The second-order valence-electron chi connectivity index (χ2n) is 6.86. The van der Waals surface area contributed by atoms with Crippen molar-refractivity contribution in [3.8, 4) is 0 Å². The van der Waals surface area contributed by atoms with Crippen LogP contribution in [0.3, 0.4) is 0 Å². The Morgan fingerprint density at radius 1 is 1.34 bits per heavy atom. The first-order valence-electron chi connectivity index (χ1n) is 9.22. The molecule has 1 amide bonds. The number of hydrogen-bond acceptors (Lipinski definition) is 6. The van der Waals surface area contributed by atoms with Crippen LogP contribution in [-0.2, 0) is 32.6 Å². The number of ether oxygens (including phenoxy) is 1. The van der Waals surface area contributed by atoms with Gasteiger partial charge in [0.1, 0.15) is 18.2 Å². The molecule has 0 aliphatic carbocycles. The Morgan fingerprint density at radius 2 is 2.07 bits per heavy atom. The molecule has 29 heavy (non-hydrogen) atoms.